The maximum atomic E-state index is 11.2. The Balaban J connectivity index is 2.25. The summed E-state index contributed by atoms with van der Waals surface area (Å²) in [5.74, 6) is 0.180. The Morgan fingerprint density at radius 2 is 2.25 bits per heavy atom. The number of carbonyl (C=O) groups excluding carboxylic acids is 1. The zero-order valence-electron chi connectivity index (χ0n) is 7.49. The lowest BCUT2D eigenvalue weighted by atomic mass is 10.3. The molecule has 0 atom stereocenters. The summed E-state index contributed by atoms with van der Waals surface area (Å²) in [6.07, 6.45) is 0.761. The van der Waals surface area contributed by atoms with Crippen molar-refractivity contribution >= 4 is 5.91 Å². The molecule has 1 aliphatic rings. The van der Waals surface area contributed by atoms with E-state index in [1.54, 1.807) is 4.90 Å². The van der Waals surface area contributed by atoms with Crippen LogP contribution in [-0.4, -0.2) is 60.6 Å². The molecule has 0 aromatic heterocycles. The predicted molar refractivity (Wildman–Crippen MR) is 45.8 cm³/mol. The first-order valence-electron chi connectivity index (χ1n) is 4.31. The highest BCUT2D eigenvalue weighted by molar-refractivity contribution is 5.78. The van der Waals surface area contributed by atoms with Crippen LogP contribution in [0.25, 0.3) is 0 Å². The SMILES string of the molecule is CN1CCN(CCCO)CC1=O. The van der Waals surface area contributed by atoms with Crippen molar-refractivity contribution in [3.63, 3.8) is 0 Å². The number of piperazine rings is 1. The summed E-state index contributed by atoms with van der Waals surface area (Å²) in [5, 5.41) is 8.59. The Kier molecular flexibility index (Phi) is 3.49. The van der Waals surface area contributed by atoms with Crippen molar-refractivity contribution < 1.29 is 9.90 Å². The number of likely N-dealkylation sites (N-methyl/N-ethyl adjacent to an activating group) is 1. The number of aliphatic hydroxyl groups is 1. The zero-order chi connectivity index (χ0) is 8.97. The summed E-state index contributed by atoms with van der Waals surface area (Å²) in [4.78, 5) is 15.0. The fourth-order valence-corrected chi connectivity index (χ4v) is 1.29. The number of amides is 1. The van der Waals surface area contributed by atoms with Gasteiger partial charge in [0.25, 0.3) is 0 Å². The van der Waals surface area contributed by atoms with E-state index in [4.69, 9.17) is 5.11 Å². The molecule has 1 amide bonds. The van der Waals surface area contributed by atoms with Gasteiger partial charge in [0.05, 0.1) is 6.54 Å². The molecule has 4 heteroatoms. The lowest BCUT2D eigenvalue weighted by molar-refractivity contribution is -0.134. The maximum Gasteiger partial charge on any atom is 0.236 e. The molecule has 1 aliphatic heterocycles. The number of aliphatic hydroxyl groups excluding tert-OH is 1. The molecule has 70 valence electrons. The van der Waals surface area contributed by atoms with Crippen LogP contribution in [0.4, 0.5) is 0 Å². The van der Waals surface area contributed by atoms with Crippen LogP contribution in [0.2, 0.25) is 0 Å². The first kappa shape index (κ1) is 9.48. The van der Waals surface area contributed by atoms with Crippen molar-refractivity contribution in [2.75, 3.05) is 39.8 Å². The minimum atomic E-state index is 0.180. The molecule has 1 rings (SSSR count). The molecule has 0 spiro atoms. The van der Waals surface area contributed by atoms with E-state index in [0.29, 0.717) is 6.54 Å². The van der Waals surface area contributed by atoms with Gasteiger partial charge in [-0.15, -0.1) is 0 Å². The molecule has 0 radical (unpaired) electrons. The molecule has 0 aromatic rings. The van der Waals surface area contributed by atoms with E-state index in [9.17, 15) is 4.79 Å². The van der Waals surface area contributed by atoms with Gasteiger partial charge in [0, 0.05) is 33.3 Å². The number of hydrogen-bond acceptors (Lipinski definition) is 3. The summed E-state index contributed by atoms with van der Waals surface area (Å²) < 4.78 is 0. The molecule has 1 fully saturated rings. The fourth-order valence-electron chi connectivity index (χ4n) is 1.29. The highest BCUT2D eigenvalue weighted by Crippen LogP contribution is 2.00. The van der Waals surface area contributed by atoms with Gasteiger partial charge in [-0.1, -0.05) is 0 Å². The lowest BCUT2D eigenvalue weighted by Gasteiger charge is -2.31. The number of carbonyl (C=O) groups is 1. The van der Waals surface area contributed by atoms with Crippen molar-refractivity contribution in [1.29, 1.82) is 0 Å². The molecular weight excluding hydrogens is 156 g/mol. The van der Waals surface area contributed by atoms with Gasteiger partial charge >= 0.3 is 0 Å². The van der Waals surface area contributed by atoms with E-state index in [-0.39, 0.29) is 12.5 Å². The summed E-state index contributed by atoms with van der Waals surface area (Å²) in [6.45, 7) is 3.29. The second-order valence-corrected chi connectivity index (χ2v) is 3.17. The summed E-state index contributed by atoms with van der Waals surface area (Å²) in [7, 11) is 1.83. The Hall–Kier alpha value is -0.610. The van der Waals surface area contributed by atoms with Gasteiger partial charge in [-0.3, -0.25) is 9.69 Å². The van der Waals surface area contributed by atoms with Gasteiger partial charge in [-0.25, -0.2) is 0 Å². The van der Waals surface area contributed by atoms with Crippen molar-refractivity contribution in [3.05, 3.63) is 0 Å². The molecule has 4 nitrogen and oxygen atoms in total. The molecule has 0 saturated carbocycles. The summed E-state index contributed by atoms with van der Waals surface area (Å²) >= 11 is 0. The van der Waals surface area contributed by atoms with Crippen molar-refractivity contribution in [2.24, 2.45) is 0 Å². The average molecular weight is 172 g/mol. The third kappa shape index (κ3) is 2.46. The number of rotatable bonds is 3. The van der Waals surface area contributed by atoms with Crippen molar-refractivity contribution in [1.82, 2.24) is 9.80 Å². The Labute approximate surface area is 72.8 Å². The van der Waals surface area contributed by atoms with E-state index >= 15 is 0 Å². The molecule has 1 heterocycles. The van der Waals surface area contributed by atoms with E-state index < -0.39 is 0 Å². The second-order valence-electron chi connectivity index (χ2n) is 3.17. The van der Waals surface area contributed by atoms with Crippen LogP contribution in [0, 0.1) is 0 Å². The smallest absolute Gasteiger partial charge is 0.236 e. The molecule has 1 N–H and O–H groups in total. The second kappa shape index (κ2) is 4.42. The molecule has 0 unspecified atom stereocenters. The van der Waals surface area contributed by atoms with Crippen molar-refractivity contribution in [2.45, 2.75) is 6.42 Å². The first-order valence-corrected chi connectivity index (χ1v) is 4.31. The van der Waals surface area contributed by atoms with Crippen LogP contribution in [0.3, 0.4) is 0 Å². The summed E-state index contributed by atoms with van der Waals surface area (Å²) in [6, 6.07) is 0. The monoisotopic (exact) mass is 172 g/mol. The Morgan fingerprint density at radius 1 is 1.50 bits per heavy atom. The number of nitrogens with zero attached hydrogens (tertiary/aromatic N) is 2. The van der Waals surface area contributed by atoms with E-state index in [1.807, 2.05) is 7.05 Å². The Bertz CT molecular complexity index is 159. The van der Waals surface area contributed by atoms with Crippen LogP contribution < -0.4 is 0 Å². The van der Waals surface area contributed by atoms with Crippen LogP contribution in [-0.2, 0) is 4.79 Å². The minimum Gasteiger partial charge on any atom is -0.396 e. The Morgan fingerprint density at radius 3 is 2.83 bits per heavy atom. The molecule has 12 heavy (non-hydrogen) atoms. The maximum absolute atomic E-state index is 11.2. The standard InChI is InChI=1S/C8H16N2O2/c1-9-4-5-10(3-2-6-11)7-8(9)12/h11H,2-7H2,1H3. The van der Waals surface area contributed by atoms with Crippen LogP contribution in [0.5, 0.6) is 0 Å². The van der Waals surface area contributed by atoms with Gasteiger partial charge in [0.2, 0.25) is 5.91 Å². The van der Waals surface area contributed by atoms with Gasteiger partial charge in [0.1, 0.15) is 0 Å². The molecule has 0 aliphatic carbocycles. The highest BCUT2D eigenvalue weighted by atomic mass is 16.3. The quantitative estimate of drug-likeness (QED) is 0.602. The number of hydrogen-bond donors (Lipinski definition) is 1. The summed E-state index contributed by atoms with van der Waals surface area (Å²) in [5.41, 5.74) is 0. The van der Waals surface area contributed by atoms with E-state index in [2.05, 4.69) is 4.90 Å². The van der Waals surface area contributed by atoms with Crippen LogP contribution >= 0.6 is 0 Å². The van der Waals surface area contributed by atoms with Crippen LogP contribution in [0.15, 0.2) is 0 Å². The normalized spacial score (nSPS) is 20.2. The first-order chi connectivity index (χ1) is 5.74. The predicted octanol–water partition coefficient (Wildman–Crippen LogP) is -0.857. The molecule has 0 bridgehead atoms. The van der Waals surface area contributed by atoms with Gasteiger partial charge in [0.15, 0.2) is 0 Å². The fraction of sp³-hybridized carbons (Fsp3) is 0.875. The highest BCUT2D eigenvalue weighted by Gasteiger charge is 2.19. The van der Waals surface area contributed by atoms with Gasteiger partial charge in [-0.2, -0.15) is 0 Å². The van der Waals surface area contributed by atoms with Crippen LogP contribution in [0.1, 0.15) is 6.42 Å². The molecular formula is C8H16N2O2. The van der Waals surface area contributed by atoms with E-state index in [0.717, 1.165) is 26.1 Å². The third-order valence-corrected chi connectivity index (χ3v) is 2.17. The van der Waals surface area contributed by atoms with E-state index in [1.165, 1.54) is 0 Å². The average Bonchev–Trinajstić information content (AvgIpc) is 2.07. The third-order valence-electron chi connectivity index (χ3n) is 2.17. The molecule has 1 saturated heterocycles. The lowest BCUT2D eigenvalue weighted by Crippen LogP contribution is -2.48. The van der Waals surface area contributed by atoms with Gasteiger partial charge in [-0.05, 0) is 6.42 Å². The van der Waals surface area contributed by atoms with Crippen molar-refractivity contribution in [3.8, 4) is 0 Å². The topological polar surface area (TPSA) is 43.8 Å². The van der Waals surface area contributed by atoms with Gasteiger partial charge < -0.3 is 10.0 Å². The molecule has 0 aromatic carbocycles. The largest absolute Gasteiger partial charge is 0.396 e. The minimum absolute atomic E-state index is 0.180. The zero-order valence-corrected chi connectivity index (χ0v) is 7.49.